The number of aromatic nitrogens is 1. The van der Waals surface area contributed by atoms with Gasteiger partial charge in [0.05, 0.1) is 35.6 Å². The van der Waals surface area contributed by atoms with Gasteiger partial charge in [0.2, 0.25) is 0 Å². The van der Waals surface area contributed by atoms with Crippen LogP contribution in [0.2, 0.25) is 0 Å². The number of nitrogen functional groups attached to an aromatic ring is 1. The molecule has 7 heteroatoms. The summed E-state index contributed by atoms with van der Waals surface area (Å²) in [5, 5.41) is 20.6. The molecule has 106 valence electrons. The number of nitrogens with one attached hydrogen (secondary N) is 1. The lowest BCUT2D eigenvalue weighted by Crippen LogP contribution is -2.55. The van der Waals surface area contributed by atoms with Gasteiger partial charge in [-0.25, -0.2) is 4.79 Å². The minimum absolute atomic E-state index is 0.0400. The van der Waals surface area contributed by atoms with Crippen molar-refractivity contribution >= 4 is 17.5 Å². The van der Waals surface area contributed by atoms with Crippen LogP contribution in [0, 0.1) is 23.2 Å². The Bertz CT molecular complexity index is 542. The largest absolute Gasteiger partial charge is 0.465 e. The summed E-state index contributed by atoms with van der Waals surface area (Å²) in [4.78, 5) is 16.8. The number of carbonyl (C=O) groups is 1. The van der Waals surface area contributed by atoms with Crippen LogP contribution in [0.4, 0.5) is 16.2 Å². The van der Waals surface area contributed by atoms with Gasteiger partial charge >= 0.3 is 6.09 Å². The van der Waals surface area contributed by atoms with Crippen molar-refractivity contribution in [1.29, 1.82) is 5.26 Å². The zero-order valence-corrected chi connectivity index (χ0v) is 11.2. The zero-order valence-electron chi connectivity index (χ0n) is 11.2. The number of anilines is 2. The number of piperidine rings is 1. The van der Waals surface area contributed by atoms with Gasteiger partial charge in [-0.15, -0.1) is 0 Å². The normalized spacial score (nSPS) is 25.8. The van der Waals surface area contributed by atoms with Gasteiger partial charge in [0.25, 0.3) is 0 Å². The monoisotopic (exact) mass is 275 g/mol. The van der Waals surface area contributed by atoms with E-state index < -0.39 is 12.1 Å². The highest BCUT2D eigenvalue weighted by atomic mass is 16.4. The molecule has 7 nitrogen and oxygen atoms in total. The summed E-state index contributed by atoms with van der Waals surface area (Å²) in [6, 6.07) is 3.56. The number of amides is 1. The van der Waals surface area contributed by atoms with Crippen molar-refractivity contribution in [2.75, 3.05) is 23.7 Å². The zero-order chi connectivity index (χ0) is 14.7. The summed E-state index contributed by atoms with van der Waals surface area (Å²) in [5.74, 6) is -0.302. The van der Waals surface area contributed by atoms with E-state index in [0.29, 0.717) is 18.8 Å². The number of rotatable bonds is 2. The number of carboxylic acid groups (broad SMARTS) is 1. The van der Waals surface area contributed by atoms with Crippen LogP contribution in [0.5, 0.6) is 0 Å². The number of pyridine rings is 1. The molecule has 0 aliphatic carbocycles. The molecule has 20 heavy (non-hydrogen) atoms. The second-order valence-electron chi connectivity index (χ2n) is 5.03. The van der Waals surface area contributed by atoms with E-state index in [9.17, 15) is 10.1 Å². The molecule has 1 amide bonds. The molecule has 0 saturated carbocycles. The van der Waals surface area contributed by atoms with E-state index in [1.165, 1.54) is 0 Å². The van der Waals surface area contributed by atoms with Gasteiger partial charge in [0, 0.05) is 19.3 Å². The smallest absolute Gasteiger partial charge is 0.404 e. The lowest BCUT2D eigenvalue weighted by molar-refractivity contribution is 0.180. The van der Waals surface area contributed by atoms with Crippen molar-refractivity contribution in [2.24, 2.45) is 11.8 Å². The van der Waals surface area contributed by atoms with Crippen LogP contribution in [0.25, 0.3) is 0 Å². The molecule has 0 radical (unpaired) electrons. The molecule has 1 aromatic heterocycles. The molecule has 1 aromatic rings. The Morgan fingerprint density at radius 3 is 3.00 bits per heavy atom. The number of nitriles is 1. The molecular weight excluding hydrogens is 258 g/mol. The third-order valence-electron chi connectivity index (χ3n) is 3.60. The maximum atomic E-state index is 10.9. The summed E-state index contributed by atoms with van der Waals surface area (Å²) in [5.41, 5.74) is 7.27. The highest BCUT2D eigenvalue weighted by Crippen LogP contribution is 2.30. The minimum Gasteiger partial charge on any atom is -0.465 e. The van der Waals surface area contributed by atoms with Gasteiger partial charge in [-0.1, -0.05) is 6.92 Å². The van der Waals surface area contributed by atoms with Gasteiger partial charge in [-0.2, -0.15) is 5.26 Å². The maximum absolute atomic E-state index is 10.9. The molecule has 1 saturated heterocycles. The predicted molar refractivity (Wildman–Crippen MR) is 74.1 cm³/mol. The highest BCUT2D eigenvalue weighted by Gasteiger charge is 2.36. The van der Waals surface area contributed by atoms with Crippen molar-refractivity contribution in [3.05, 3.63) is 18.5 Å². The standard InChI is InChI=1S/C13H17N5O2/c1-8-6-18(12-2-3-16-5-10(12)15)7-11(9(8)4-14)17-13(19)20/h2-3,5,8-9,11,17H,6-7,15H2,1H3,(H,19,20)/t8-,9-,11+/m0/s1. The Labute approximate surface area is 117 Å². The molecule has 2 heterocycles. The van der Waals surface area contributed by atoms with Crippen LogP contribution in [0.15, 0.2) is 18.5 Å². The summed E-state index contributed by atoms with van der Waals surface area (Å²) in [6.45, 7) is 3.02. The lowest BCUT2D eigenvalue weighted by atomic mass is 9.84. The molecule has 3 atom stereocenters. The average Bonchev–Trinajstić information content (AvgIpc) is 2.38. The fraction of sp³-hybridized carbons (Fsp3) is 0.462. The van der Waals surface area contributed by atoms with Crippen molar-refractivity contribution in [3.8, 4) is 6.07 Å². The van der Waals surface area contributed by atoms with Crippen LogP contribution in [0.3, 0.4) is 0 Å². The Morgan fingerprint density at radius 2 is 2.40 bits per heavy atom. The third-order valence-corrected chi connectivity index (χ3v) is 3.60. The number of hydrogen-bond donors (Lipinski definition) is 3. The van der Waals surface area contributed by atoms with Crippen LogP contribution < -0.4 is 16.0 Å². The second-order valence-corrected chi connectivity index (χ2v) is 5.03. The van der Waals surface area contributed by atoms with Gasteiger partial charge < -0.3 is 21.1 Å². The Balaban J connectivity index is 2.24. The van der Waals surface area contributed by atoms with Crippen molar-refractivity contribution < 1.29 is 9.90 Å². The topological polar surface area (TPSA) is 115 Å². The number of nitrogens with two attached hydrogens (primary N) is 1. The second kappa shape index (κ2) is 5.65. The molecule has 0 spiro atoms. The Hall–Kier alpha value is -2.49. The van der Waals surface area contributed by atoms with E-state index in [4.69, 9.17) is 10.8 Å². The first-order valence-corrected chi connectivity index (χ1v) is 6.36. The van der Waals surface area contributed by atoms with E-state index in [1.54, 1.807) is 18.5 Å². The first kappa shape index (κ1) is 13.9. The van der Waals surface area contributed by atoms with E-state index in [2.05, 4.69) is 16.4 Å². The molecule has 0 bridgehead atoms. The third kappa shape index (κ3) is 2.74. The molecule has 2 rings (SSSR count). The minimum atomic E-state index is -1.12. The van der Waals surface area contributed by atoms with E-state index in [-0.39, 0.29) is 11.8 Å². The van der Waals surface area contributed by atoms with Gasteiger partial charge in [0.15, 0.2) is 0 Å². The van der Waals surface area contributed by atoms with Gasteiger partial charge in [-0.3, -0.25) is 4.98 Å². The molecule has 0 unspecified atom stereocenters. The maximum Gasteiger partial charge on any atom is 0.404 e. The summed E-state index contributed by atoms with van der Waals surface area (Å²) >= 11 is 0. The molecule has 1 aliphatic heterocycles. The SMILES string of the molecule is C[C@H]1CN(c2ccncc2N)C[C@@H](NC(=O)O)[C@H]1C#N. The van der Waals surface area contributed by atoms with E-state index in [0.717, 1.165) is 5.69 Å². The summed E-state index contributed by atoms with van der Waals surface area (Å²) in [6.07, 6.45) is 2.09. The van der Waals surface area contributed by atoms with Crippen LogP contribution in [-0.2, 0) is 0 Å². The summed E-state index contributed by atoms with van der Waals surface area (Å²) in [7, 11) is 0. The fourth-order valence-electron chi connectivity index (χ4n) is 2.68. The predicted octanol–water partition coefficient (Wildman–Crippen LogP) is 0.896. The van der Waals surface area contributed by atoms with Crippen molar-refractivity contribution in [1.82, 2.24) is 10.3 Å². The molecule has 4 N–H and O–H groups in total. The molecule has 0 aromatic carbocycles. The van der Waals surface area contributed by atoms with Gasteiger partial charge in [0.1, 0.15) is 0 Å². The number of nitrogens with zero attached hydrogens (tertiary/aromatic N) is 3. The van der Waals surface area contributed by atoms with Crippen molar-refractivity contribution in [2.45, 2.75) is 13.0 Å². The first-order chi connectivity index (χ1) is 9.52. The fourth-order valence-corrected chi connectivity index (χ4v) is 2.68. The highest BCUT2D eigenvalue weighted by molar-refractivity contribution is 5.68. The Morgan fingerprint density at radius 1 is 1.65 bits per heavy atom. The van der Waals surface area contributed by atoms with Crippen LogP contribution in [0.1, 0.15) is 6.92 Å². The summed E-state index contributed by atoms with van der Waals surface area (Å²) < 4.78 is 0. The van der Waals surface area contributed by atoms with Crippen LogP contribution in [-0.4, -0.2) is 35.3 Å². The number of hydrogen-bond acceptors (Lipinski definition) is 5. The molecule has 1 aliphatic rings. The van der Waals surface area contributed by atoms with E-state index in [1.807, 2.05) is 11.8 Å². The Kier molecular flexibility index (Phi) is 3.94. The van der Waals surface area contributed by atoms with Gasteiger partial charge in [-0.05, 0) is 12.0 Å². The average molecular weight is 275 g/mol. The van der Waals surface area contributed by atoms with Crippen LogP contribution >= 0.6 is 0 Å². The lowest BCUT2D eigenvalue weighted by Gasteiger charge is -2.41. The quantitative estimate of drug-likeness (QED) is 0.738. The van der Waals surface area contributed by atoms with E-state index >= 15 is 0 Å². The molecule has 1 fully saturated rings. The molecular formula is C13H17N5O2. The first-order valence-electron chi connectivity index (χ1n) is 6.36. The van der Waals surface area contributed by atoms with Crippen molar-refractivity contribution in [3.63, 3.8) is 0 Å².